The van der Waals surface area contributed by atoms with E-state index < -0.39 is 0 Å². The first-order chi connectivity index (χ1) is 10.0. The van der Waals surface area contributed by atoms with Crippen LogP contribution in [0.4, 0.5) is 10.1 Å². The van der Waals surface area contributed by atoms with E-state index in [9.17, 15) is 4.39 Å². The highest BCUT2D eigenvalue weighted by Gasteiger charge is 2.15. The lowest BCUT2D eigenvalue weighted by molar-refractivity contribution is 0.432. The Labute approximate surface area is 121 Å². The topological polar surface area (TPSA) is 64.9 Å². The molecule has 0 aliphatic rings. The molecule has 2 aromatic carbocycles. The van der Waals surface area contributed by atoms with Gasteiger partial charge in [-0.3, -0.25) is 0 Å². The zero-order valence-corrected chi connectivity index (χ0v) is 11.7. The van der Waals surface area contributed by atoms with Gasteiger partial charge in [0.25, 0.3) is 5.89 Å². The predicted molar refractivity (Wildman–Crippen MR) is 79.0 cm³/mol. The molecule has 0 atom stereocenters. The van der Waals surface area contributed by atoms with Crippen LogP contribution in [0, 0.1) is 19.7 Å². The number of hydrogen-bond acceptors (Lipinski definition) is 4. The smallest absolute Gasteiger partial charge is 0.260 e. The maximum absolute atomic E-state index is 13.5. The highest BCUT2D eigenvalue weighted by Crippen LogP contribution is 2.30. The molecule has 3 aromatic rings. The maximum atomic E-state index is 13.5. The minimum atomic E-state index is -0.327. The number of nitrogen functional groups attached to an aromatic ring is 1. The van der Waals surface area contributed by atoms with E-state index in [1.807, 2.05) is 26.0 Å². The van der Waals surface area contributed by atoms with Gasteiger partial charge in [-0.1, -0.05) is 17.3 Å². The summed E-state index contributed by atoms with van der Waals surface area (Å²) in [5.41, 5.74) is 9.57. The highest BCUT2D eigenvalue weighted by atomic mass is 19.1. The van der Waals surface area contributed by atoms with Gasteiger partial charge in [0.15, 0.2) is 0 Å². The van der Waals surface area contributed by atoms with Gasteiger partial charge in [0.2, 0.25) is 5.82 Å². The summed E-state index contributed by atoms with van der Waals surface area (Å²) in [7, 11) is 0. The molecule has 1 heterocycles. The van der Waals surface area contributed by atoms with Crippen molar-refractivity contribution in [1.29, 1.82) is 0 Å². The first-order valence-corrected chi connectivity index (χ1v) is 6.51. The number of hydrogen-bond donors (Lipinski definition) is 1. The van der Waals surface area contributed by atoms with Gasteiger partial charge >= 0.3 is 0 Å². The molecule has 0 bridgehead atoms. The van der Waals surface area contributed by atoms with Gasteiger partial charge in [-0.25, -0.2) is 4.39 Å². The third-order valence-electron chi connectivity index (χ3n) is 3.25. The number of benzene rings is 2. The van der Waals surface area contributed by atoms with Crippen LogP contribution in [0.2, 0.25) is 0 Å². The molecule has 0 radical (unpaired) electrons. The normalized spacial score (nSPS) is 10.8. The van der Waals surface area contributed by atoms with Gasteiger partial charge < -0.3 is 10.3 Å². The van der Waals surface area contributed by atoms with E-state index in [1.54, 1.807) is 12.1 Å². The quantitative estimate of drug-likeness (QED) is 0.727. The number of nitrogens with two attached hydrogens (primary N) is 1. The lowest BCUT2D eigenvalue weighted by Crippen LogP contribution is -1.93. The lowest BCUT2D eigenvalue weighted by Gasteiger charge is -2.03. The summed E-state index contributed by atoms with van der Waals surface area (Å²) in [6, 6.07) is 10.2. The molecule has 0 unspecified atom stereocenters. The van der Waals surface area contributed by atoms with E-state index in [0.29, 0.717) is 28.5 Å². The van der Waals surface area contributed by atoms with E-state index in [2.05, 4.69) is 10.1 Å². The van der Waals surface area contributed by atoms with Crippen LogP contribution in [-0.4, -0.2) is 10.1 Å². The Balaban J connectivity index is 2.08. The fourth-order valence-electron chi connectivity index (χ4n) is 2.29. The Morgan fingerprint density at radius 3 is 2.67 bits per heavy atom. The fraction of sp³-hybridized carbons (Fsp3) is 0.125. The second kappa shape index (κ2) is 5.01. The number of aryl methyl sites for hydroxylation is 2. The summed E-state index contributed by atoms with van der Waals surface area (Å²) in [5, 5.41) is 3.92. The Kier molecular flexibility index (Phi) is 3.17. The standard InChI is InChI=1S/C16H14FN3O/c1-9-6-11(8-12(17)7-9)15-19-16(21-20-15)14-10(2)4-3-5-13(14)18/h3-8H,18H2,1-2H3. The van der Waals surface area contributed by atoms with E-state index >= 15 is 0 Å². The van der Waals surface area contributed by atoms with Crippen molar-refractivity contribution in [2.75, 3.05) is 5.73 Å². The Bertz CT molecular complexity index is 771. The lowest BCUT2D eigenvalue weighted by atomic mass is 10.1. The molecule has 1 aromatic heterocycles. The van der Waals surface area contributed by atoms with Gasteiger partial charge in [0.1, 0.15) is 5.82 Å². The molecular formula is C16H14FN3O. The van der Waals surface area contributed by atoms with Gasteiger partial charge in [0.05, 0.1) is 5.56 Å². The van der Waals surface area contributed by atoms with Crippen LogP contribution in [0.15, 0.2) is 40.9 Å². The van der Waals surface area contributed by atoms with Crippen molar-refractivity contribution in [3.8, 4) is 22.8 Å². The SMILES string of the molecule is Cc1cc(F)cc(-c2noc(-c3c(C)cccc3N)n2)c1. The van der Waals surface area contributed by atoms with Gasteiger partial charge in [-0.15, -0.1) is 0 Å². The molecule has 0 aliphatic carbocycles. The predicted octanol–water partition coefficient (Wildman–Crippen LogP) is 3.74. The number of rotatable bonds is 2. The third-order valence-corrected chi connectivity index (χ3v) is 3.25. The van der Waals surface area contributed by atoms with Gasteiger partial charge in [-0.2, -0.15) is 4.98 Å². The van der Waals surface area contributed by atoms with Crippen LogP contribution >= 0.6 is 0 Å². The Morgan fingerprint density at radius 1 is 1.14 bits per heavy atom. The average Bonchev–Trinajstić information content (AvgIpc) is 2.87. The van der Waals surface area contributed by atoms with Crippen LogP contribution in [0.25, 0.3) is 22.8 Å². The summed E-state index contributed by atoms with van der Waals surface area (Å²) in [4.78, 5) is 4.33. The third kappa shape index (κ3) is 2.50. The van der Waals surface area contributed by atoms with Gasteiger partial charge in [-0.05, 0) is 49.2 Å². The number of aromatic nitrogens is 2. The van der Waals surface area contributed by atoms with Crippen molar-refractivity contribution < 1.29 is 8.91 Å². The zero-order valence-electron chi connectivity index (χ0n) is 11.7. The van der Waals surface area contributed by atoms with E-state index in [-0.39, 0.29) is 5.82 Å². The molecule has 0 saturated carbocycles. The summed E-state index contributed by atoms with van der Waals surface area (Å²) in [6.07, 6.45) is 0. The van der Waals surface area contributed by atoms with Crippen molar-refractivity contribution in [2.24, 2.45) is 0 Å². The molecular weight excluding hydrogens is 269 g/mol. The molecule has 0 spiro atoms. The molecule has 0 amide bonds. The second-order valence-corrected chi connectivity index (χ2v) is 4.98. The Morgan fingerprint density at radius 2 is 1.95 bits per heavy atom. The van der Waals surface area contributed by atoms with Crippen LogP contribution in [0.1, 0.15) is 11.1 Å². The van der Waals surface area contributed by atoms with E-state index in [4.69, 9.17) is 10.3 Å². The van der Waals surface area contributed by atoms with Crippen LogP contribution in [-0.2, 0) is 0 Å². The van der Waals surface area contributed by atoms with E-state index in [1.165, 1.54) is 12.1 Å². The molecule has 0 fully saturated rings. The van der Waals surface area contributed by atoms with Crippen molar-refractivity contribution in [1.82, 2.24) is 10.1 Å². The number of halogens is 1. The summed E-state index contributed by atoms with van der Waals surface area (Å²) < 4.78 is 18.7. The molecule has 21 heavy (non-hydrogen) atoms. The zero-order chi connectivity index (χ0) is 15.0. The first kappa shape index (κ1) is 13.3. The minimum absolute atomic E-state index is 0.327. The molecule has 106 valence electrons. The monoisotopic (exact) mass is 283 g/mol. The number of nitrogens with zero attached hydrogens (tertiary/aromatic N) is 2. The second-order valence-electron chi connectivity index (χ2n) is 4.98. The largest absolute Gasteiger partial charge is 0.398 e. The number of anilines is 1. The molecule has 2 N–H and O–H groups in total. The van der Waals surface area contributed by atoms with Gasteiger partial charge in [0, 0.05) is 11.3 Å². The summed E-state index contributed by atoms with van der Waals surface area (Å²) in [5.74, 6) is 0.351. The minimum Gasteiger partial charge on any atom is -0.398 e. The summed E-state index contributed by atoms with van der Waals surface area (Å²) in [6.45, 7) is 3.73. The molecule has 4 nitrogen and oxygen atoms in total. The van der Waals surface area contributed by atoms with E-state index in [0.717, 1.165) is 11.1 Å². The van der Waals surface area contributed by atoms with Crippen molar-refractivity contribution >= 4 is 5.69 Å². The highest BCUT2D eigenvalue weighted by molar-refractivity contribution is 5.74. The van der Waals surface area contributed by atoms with Crippen molar-refractivity contribution in [2.45, 2.75) is 13.8 Å². The molecule has 0 aliphatic heterocycles. The van der Waals surface area contributed by atoms with Crippen molar-refractivity contribution in [3.63, 3.8) is 0 Å². The molecule has 3 rings (SSSR count). The average molecular weight is 283 g/mol. The van der Waals surface area contributed by atoms with Crippen LogP contribution in [0.3, 0.4) is 0 Å². The van der Waals surface area contributed by atoms with Crippen molar-refractivity contribution in [3.05, 3.63) is 53.3 Å². The fourth-order valence-corrected chi connectivity index (χ4v) is 2.29. The Hall–Kier alpha value is -2.69. The first-order valence-electron chi connectivity index (χ1n) is 6.51. The molecule has 0 saturated heterocycles. The molecule has 5 heteroatoms. The van der Waals surface area contributed by atoms with Crippen LogP contribution in [0.5, 0.6) is 0 Å². The van der Waals surface area contributed by atoms with Crippen LogP contribution < -0.4 is 5.73 Å². The summed E-state index contributed by atoms with van der Waals surface area (Å²) >= 11 is 0. The maximum Gasteiger partial charge on any atom is 0.260 e.